The minimum atomic E-state index is 0.604. The molecule has 2 aliphatic heterocycles. The standard InChI is InChI=1S/C14H20N2O2/c1-10-2-4-16(5-3-10)12-9-14-13(8-11(12)15)17-6-7-18-14/h8-10H,2-7,15H2,1H3. The highest BCUT2D eigenvalue weighted by Crippen LogP contribution is 2.39. The van der Waals surface area contributed by atoms with Gasteiger partial charge in [0.2, 0.25) is 0 Å². The summed E-state index contributed by atoms with van der Waals surface area (Å²) in [7, 11) is 0. The number of benzene rings is 1. The topological polar surface area (TPSA) is 47.7 Å². The van der Waals surface area contributed by atoms with Crippen LogP contribution in [0.1, 0.15) is 19.8 Å². The minimum absolute atomic E-state index is 0.604. The van der Waals surface area contributed by atoms with Gasteiger partial charge in [-0.25, -0.2) is 0 Å². The highest BCUT2D eigenvalue weighted by Gasteiger charge is 2.21. The van der Waals surface area contributed by atoms with Crippen molar-refractivity contribution in [2.24, 2.45) is 5.92 Å². The summed E-state index contributed by atoms with van der Waals surface area (Å²) in [5.74, 6) is 2.41. The van der Waals surface area contributed by atoms with Crippen molar-refractivity contribution < 1.29 is 9.47 Å². The number of rotatable bonds is 1. The second kappa shape index (κ2) is 4.59. The number of anilines is 2. The quantitative estimate of drug-likeness (QED) is 0.775. The Labute approximate surface area is 108 Å². The molecule has 0 aromatic heterocycles. The molecule has 1 saturated heterocycles. The average Bonchev–Trinajstić information content (AvgIpc) is 2.39. The van der Waals surface area contributed by atoms with Crippen LogP contribution >= 0.6 is 0 Å². The molecule has 0 aliphatic carbocycles. The van der Waals surface area contributed by atoms with Gasteiger partial charge >= 0.3 is 0 Å². The number of nitrogen functional groups attached to an aromatic ring is 1. The van der Waals surface area contributed by atoms with Crippen molar-refractivity contribution in [1.29, 1.82) is 0 Å². The molecule has 18 heavy (non-hydrogen) atoms. The Balaban J connectivity index is 1.87. The number of piperidine rings is 1. The van der Waals surface area contributed by atoms with Crippen LogP contribution in [0.15, 0.2) is 12.1 Å². The van der Waals surface area contributed by atoms with Crippen molar-refractivity contribution in [2.75, 3.05) is 36.9 Å². The van der Waals surface area contributed by atoms with E-state index in [1.807, 2.05) is 12.1 Å². The Kier molecular flexibility index (Phi) is 2.94. The third-order valence-electron chi connectivity index (χ3n) is 3.82. The van der Waals surface area contributed by atoms with E-state index in [-0.39, 0.29) is 0 Å². The van der Waals surface area contributed by atoms with E-state index in [4.69, 9.17) is 15.2 Å². The fourth-order valence-electron chi connectivity index (χ4n) is 2.62. The molecule has 4 heteroatoms. The van der Waals surface area contributed by atoms with Crippen molar-refractivity contribution >= 4 is 11.4 Å². The molecular formula is C14H20N2O2. The number of nitrogens with two attached hydrogens (primary N) is 1. The summed E-state index contributed by atoms with van der Waals surface area (Å²) in [5, 5.41) is 0. The Hall–Kier alpha value is -1.58. The first-order valence-corrected chi connectivity index (χ1v) is 6.68. The maximum absolute atomic E-state index is 6.13. The van der Waals surface area contributed by atoms with Gasteiger partial charge in [-0.2, -0.15) is 0 Å². The lowest BCUT2D eigenvalue weighted by atomic mass is 9.98. The number of hydrogen-bond acceptors (Lipinski definition) is 4. The van der Waals surface area contributed by atoms with Crippen LogP contribution in [0.3, 0.4) is 0 Å². The average molecular weight is 248 g/mol. The SMILES string of the molecule is CC1CCN(c2cc3c(cc2N)OCCO3)CC1. The molecule has 0 spiro atoms. The molecule has 0 saturated carbocycles. The van der Waals surface area contributed by atoms with Crippen molar-refractivity contribution in [3.63, 3.8) is 0 Å². The Morgan fingerprint density at radius 1 is 1.11 bits per heavy atom. The number of fused-ring (bicyclic) bond motifs is 1. The summed E-state index contributed by atoms with van der Waals surface area (Å²) in [4.78, 5) is 2.35. The highest BCUT2D eigenvalue weighted by molar-refractivity contribution is 5.73. The van der Waals surface area contributed by atoms with Crippen LogP contribution in [-0.2, 0) is 0 Å². The highest BCUT2D eigenvalue weighted by atomic mass is 16.6. The normalized spacial score (nSPS) is 19.9. The third-order valence-corrected chi connectivity index (χ3v) is 3.82. The molecule has 3 rings (SSSR count). The lowest BCUT2D eigenvalue weighted by molar-refractivity contribution is 0.172. The maximum Gasteiger partial charge on any atom is 0.163 e. The van der Waals surface area contributed by atoms with Gasteiger partial charge < -0.3 is 20.1 Å². The molecule has 0 amide bonds. The number of hydrogen-bond donors (Lipinski definition) is 1. The van der Waals surface area contributed by atoms with Crippen LogP contribution in [0.4, 0.5) is 11.4 Å². The first-order valence-electron chi connectivity index (χ1n) is 6.68. The summed E-state index contributed by atoms with van der Waals surface area (Å²) in [6.45, 7) is 5.68. The lowest BCUT2D eigenvalue weighted by Gasteiger charge is -2.33. The summed E-state index contributed by atoms with van der Waals surface area (Å²) in [5.41, 5.74) is 8.01. The van der Waals surface area contributed by atoms with Gasteiger partial charge in [0.15, 0.2) is 11.5 Å². The molecule has 1 aromatic rings. The molecule has 4 nitrogen and oxygen atoms in total. The van der Waals surface area contributed by atoms with Gasteiger partial charge in [0, 0.05) is 25.2 Å². The van der Waals surface area contributed by atoms with E-state index in [9.17, 15) is 0 Å². The van der Waals surface area contributed by atoms with Crippen LogP contribution in [0.25, 0.3) is 0 Å². The smallest absolute Gasteiger partial charge is 0.163 e. The molecule has 98 valence electrons. The Bertz CT molecular complexity index is 440. The van der Waals surface area contributed by atoms with Gasteiger partial charge in [-0.05, 0) is 18.8 Å². The molecule has 2 N–H and O–H groups in total. The Morgan fingerprint density at radius 3 is 2.39 bits per heavy atom. The molecule has 2 aliphatic rings. The van der Waals surface area contributed by atoms with Gasteiger partial charge in [-0.3, -0.25) is 0 Å². The van der Waals surface area contributed by atoms with E-state index in [0.29, 0.717) is 13.2 Å². The van der Waals surface area contributed by atoms with Crippen LogP contribution in [0, 0.1) is 5.92 Å². The van der Waals surface area contributed by atoms with Gasteiger partial charge in [0.1, 0.15) is 13.2 Å². The zero-order chi connectivity index (χ0) is 12.5. The maximum atomic E-state index is 6.13. The van der Waals surface area contributed by atoms with E-state index in [1.54, 1.807) is 0 Å². The summed E-state index contributed by atoms with van der Waals surface area (Å²) < 4.78 is 11.2. The molecule has 2 heterocycles. The third kappa shape index (κ3) is 2.07. The zero-order valence-corrected chi connectivity index (χ0v) is 10.8. The Morgan fingerprint density at radius 2 is 1.72 bits per heavy atom. The van der Waals surface area contributed by atoms with E-state index in [1.165, 1.54) is 12.8 Å². The zero-order valence-electron chi connectivity index (χ0n) is 10.8. The van der Waals surface area contributed by atoms with Crippen molar-refractivity contribution in [3.05, 3.63) is 12.1 Å². The fourth-order valence-corrected chi connectivity index (χ4v) is 2.62. The van der Waals surface area contributed by atoms with Gasteiger partial charge in [0.25, 0.3) is 0 Å². The fraction of sp³-hybridized carbons (Fsp3) is 0.571. The molecule has 1 fully saturated rings. The van der Waals surface area contributed by atoms with Crippen LogP contribution < -0.4 is 20.1 Å². The first-order chi connectivity index (χ1) is 8.74. The predicted octanol–water partition coefficient (Wildman–Crippen LogP) is 2.28. The van der Waals surface area contributed by atoms with Gasteiger partial charge in [0.05, 0.1) is 11.4 Å². The largest absolute Gasteiger partial charge is 0.486 e. The molecule has 0 bridgehead atoms. The van der Waals surface area contributed by atoms with E-state index in [2.05, 4.69) is 11.8 Å². The molecule has 0 unspecified atom stereocenters. The molecular weight excluding hydrogens is 228 g/mol. The predicted molar refractivity (Wildman–Crippen MR) is 72.5 cm³/mol. The minimum Gasteiger partial charge on any atom is -0.486 e. The lowest BCUT2D eigenvalue weighted by Crippen LogP contribution is -2.33. The van der Waals surface area contributed by atoms with Crippen molar-refractivity contribution in [2.45, 2.75) is 19.8 Å². The summed E-state index contributed by atoms with van der Waals surface area (Å²) in [6.07, 6.45) is 2.46. The van der Waals surface area contributed by atoms with Crippen molar-refractivity contribution in [3.8, 4) is 11.5 Å². The molecule has 0 atom stereocenters. The monoisotopic (exact) mass is 248 g/mol. The second-order valence-electron chi connectivity index (χ2n) is 5.22. The summed E-state index contributed by atoms with van der Waals surface area (Å²) >= 11 is 0. The number of nitrogens with zero attached hydrogens (tertiary/aromatic N) is 1. The van der Waals surface area contributed by atoms with Crippen LogP contribution in [0.5, 0.6) is 11.5 Å². The molecule has 0 radical (unpaired) electrons. The second-order valence-corrected chi connectivity index (χ2v) is 5.22. The van der Waals surface area contributed by atoms with E-state index in [0.717, 1.165) is 41.9 Å². The molecule has 1 aromatic carbocycles. The van der Waals surface area contributed by atoms with Crippen molar-refractivity contribution in [1.82, 2.24) is 0 Å². The summed E-state index contributed by atoms with van der Waals surface area (Å²) in [6, 6.07) is 3.92. The van der Waals surface area contributed by atoms with Crippen LogP contribution in [0.2, 0.25) is 0 Å². The van der Waals surface area contributed by atoms with E-state index < -0.39 is 0 Å². The van der Waals surface area contributed by atoms with Gasteiger partial charge in [-0.15, -0.1) is 0 Å². The van der Waals surface area contributed by atoms with Gasteiger partial charge in [-0.1, -0.05) is 6.92 Å². The van der Waals surface area contributed by atoms with E-state index >= 15 is 0 Å². The first kappa shape index (κ1) is 11.5. The van der Waals surface area contributed by atoms with Crippen LogP contribution in [-0.4, -0.2) is 26.3 Å². The number of ether oxygens (including phenoxy) is 2.